The summed E-state index contributed by atoms with van der Waals surface area (Å²) in [4.78, 5) is 14.7. The molecular formula is C11H9N5OS. The fourth-order valence-electron chi connectivity index (χ4n) is 1.20. The van der Waals surface area contributed by atoms with Gasteiger partial charge in [-0.2, -0.15) is 10.2 Å². The first kappa shape index (κ1) is 12.1. The summed E-state index contributed by atoms with van der Waals surface area (Å²) in [7, 11) is 0. The van der Waals surface area contributed by atoms with E-state index in [0.717, 1.165) is 0 Å². The van der Waals surface area contributed by atoms with Gasteiger partial charge in [-0.15, -0.1) is 0 Å². The van der Waals surface area contributed by atoms with Crippen molar-refractivity contribution in [1.82, 2.24) is 25.4 Å². The smallest absolute Gasteiger partial charge is 0.266 e. The second kappa shape index (κ2) is 5.78. The average Bonchev–Trinajstić information content (AvgIpc) is 2.40. The molecule has 0 spiro atoms. The maximum Gasteiger partial charge on any atom is 0.266 e. The highest BCUT2D eigenvalue weighted by Gasteiger charge is 1.92. The van der Waals surface area contributed by atoms with E-state index in [9.17, 15) is 4.79 Å². The molecule has 0 aliphatic carbocycles. The van der Waals surface area contributed by atoms with Crippen LogP contribution in [0.3, 0.4) is 0 Å². The molecule has 0 bridgehead atoms. The molecule has 3 rings (SSSR count). The van der Waals surface area contributed by atoms with Gasteiger partial charge in [0.05, 0.1) is 5.52 Å². The van der Waals surface area contributed by atoms with E-state index in [1.165, 1.54) is 6.07 Å². The number of pyridine rings is 1. The normalized spacial score (nSPS) is 9.56. The third kappa shape index (κ3) is 3.29. The van der Waals surface area contributed by atoms with Crippen LogP contribution >= 0.6 is 12.2 Å². The largest absolute Gasteiger partial charge is 0.268 e. The standard InChI is InChI=1S/C7H5N3O.C4H4N2S/c11-7-4-6-5(9-10-7)2-1-3-8-6;7-4-2-1-3-5-6-4/h1-4H,(H,10,11);1-3H,(H,6,7). The Morgan fingerprint density at radius 3 is 2.56 bits per heavy atom. The number of nitrogens with one attached hydrogen (secondary N) is 2. The van der Waals surface area contributed by atoms with Crippen molar-refractivity contribution >= 4 is 23.3 Å². The third-order valence-corrected chi connectivity index (χ3v) is 2.18. The van der Waals surface area contributed by atoms with Crippen LogP contribution in [0, 0.1) is 4.64 Å². The summed E-state index contributed by atoms with van der Waals surface area (Å²) >= 11 is 4.69. The summed E-state index contributed by atoms with van der Waals surface area (Å²) in [6.07, 6.45) is 3.28. The zero-order valence-electron chi connectivity index (χ0n) is 9.20. The molecule has 0 atom stereocenters. The van der Waals surface area contributed by atoms with E-state index in [-0.39, 0.29) is 5.56 Å². The van der Waals surface area contributed by atoms with Crippen LogP contribution < -0.4 is 5.56 Å². The van der Waals surface area contributed by atoms with E-state index in [2.05, 4.69) is 25.4 Å². The minimum Gasteiger partial charge on any atom is -0.268 e. The molecule has 90 valence electrons. The predicted molar refractivity (Wildman–Crippen MR) is 69.6 cm³/mol. The summed E-state index contributed by atoms with van der Waals surface area (Å²) in [6.45, 7) is 0. The number of fused-ring (bicyclic) bond motifs is 1. The maximum absolute atomic E-state index is 10.7. The molecule has 0 unspecified atom stereocenters. The molecule has 0 saturated carbocycles. The lowest BCUT2D eigenvalue weighted by Crippen LogP contribution is -2.05. The highest BCUT2D eigenvalue weighted by Crippen LogP contribution is 2.00. The molecule has 0 radical (unpaired) electrons. The third-order valence-electron chi connectivity index (χ3n) is 1.95. The van der Waals surface area contributed by atoms with Gasteiger partial charge in [0.15, 0.2) is 0 Å². The Hall–Kier alpha value is -2.41. The topological polar surface area (TPSA) is 87.3 Å². The van der Waals surface area contributed by atoms with Gasteiger partial charge in [-0.05, 0) is 24.3 Å². The first-order valence-electron chi connectivity index (χ1n) is 5.06. The highest BCUT2D eigenvalue weighted by molar-refractivity contribution is 7.71. The van der Waals surface area contributed by atoms with Gasteiger partial charge >= 0.3 is 0 Å². The van der Waals surface area contributed by atoms with Gasteiger partial charge in [0, 0.05) is 18.5 Å². The Labute approximate surface area is 107 Å². The summed E-state index contributed by atoms with van der Waals surface area (Å²) in [5, 5.41) is 12.4. The summed E-state index contributed by atoms with van der Waals surface area (Å²) < 4.78 is 0.669. The summed E-state index contributed by atoms with van der Waals surface area (Å²) in [5.74, 6) is 0. The minimum atomic E-state index is -0.226. The van der Waals surface area contributed by atoms with Crippen LogP contribution in [0.25, 0.3) is 11.0 Å². The van der Waals surface area contributed by atoms with Crippen molar-refractivity contribution in [3.8, 4) is 0 Å². The lowest BCUT2D eigenvalue weighted by atomic mass is 10.3. The van der Waals surface area contributed by atoms with Crippen molar-refractivity contribution in [1.29, 1.82) is 0 Å². The zero-order valence-corrected chi connectivity index (χ0v) is 10.0. The van der Waals surface area contributed by atoms with Crippen molar-refractivity contribution in [3.63, 3.8) is 0 Å². The molecule has 0 aromatic carbocycles. The van der Waals surface area contributed by atoms with Gasteiger partial charge in [-0.1, -0.05) is 12.2 Å². The van der Waals surface area contributed by atoms with Crippen molar-refractivity contribution < 1.29 is 0 Å². The SMILES string of the molecule is O=c1cc2ncccc2n[nH]1.S=c1cccn[nH]1. The molecule has 2 N–H and O–H groups in total. The van der Waals surface area contributed by atoms with E-state index >= 15 is 0 Å². The molecule has 3 aromatic rings. The first-order chi connectivity index (χ1) is 8.75. The monoisotopic (exact) mass is 259 g/mol. The molecule has 7 heteroatoms. The average molecular weight is 259 g/mol. The van der Waals surface area contributed by atoms with E-state index in [4.69, 9.17) is 12.2 Å². The Kier molecular flexibility index (Phi) is 3.87. The van der Waals surface area contributed by atoms with Crippen LogP contribution in [0.1, 0.15) is 0 Å². The van der Waals surface area contributed by atoms with Crippen LogP contribution in [-0.4, -0.2) is 25.4 Å². The second-order valence-corrected chi connectivity index (χ2v) is 3.69. The lowest BCUT2D eigenvalue weighted by Gasteiger charge is -1.90. The van der Waals surface area contributed by atoms with Crippen molar-refractivity contribution in [2.45, 2.75) is 0 Å². The van der Waals surface area contributed by atoms with Crippen LogP contribution in [0.15, 0.2) is 47.5 Å². The van der Waals surface area contributed by atoms with Crippen molar-refractivity contribution in [3.05, 3.63) is 57.7 Å². The molecule has 0 fully saturated rings. The molecule has 0 amide bonds. The lowest BCUT2D eigenvalue weighted by molar-refractivity contribution is 1.02. The fourth-order valence-corrected chi connectivity index (χ4v) is 1.33. The number of hydrogen-bond donors (Lipinski definition) is 2. The second-order valence-electron chi connectivity index (χ2n) is 3.25. The Morgan fingerprint density at radius 2 is 1.89 bits per heavy atom. The maximum atomic E-state index is 10.7. The zero-order chi connectivity index (χ0) is 12.8. The molecule has 0 saturated heterocycles. The fraction of sp³-hybridized carbons (Fsp3) is 0. The van der Waals surface area contributed by atoms with Gasteiger partial charge in [0.2, 0.25) is 0 Å². The van der Waals surface area contributed by atoms with E-state index in [0.29, 0.717) is 15.7 Å². The molecular weight excluding hydrogens is 250 g/mol. The van der Waals surface area contributed by atoms with Crippen LogP contribution in [0.2, 0.25) is 0 Å². The number of aromatic nitrogens is 5. The van der Waals surface area contributed by atoms with E-state index in [1.54, 1.807) is 36.7 Å². The Morgan fingerprint density at radius 1 is 1.06 bits per heavy atom. The van der Waals surface area contributed by atoms with Crippen molar-refractivity contribution in [2.75, 3.05) is 0 Å². The van der Waals surface area contributed by atoms with Crippen LogP contribution in [0.4, 0.5) is 0 Å². The summed E-state index contributed by atoms with van der Waals surface area (Å²) in [6, 6.07) is 8.55. The number of nitrogens with zero attached hydrogens (tertiary/aromatic N) is 3. The van der Waals surface area contributed by atoms with Crippen molar-refractivity contribution in [2.24, 2.45) is 0 Å². The summed E-state index contributed by atoms with van der Waals surface area (Å²) in [5.41, 5.74) is 1.10. The molecule has 3 heterocycles. The minimum absolute atomic E-state index is 0.226. The van der Waals surface area contributed by atoms with Gasteiger partial charge in [0.25, 0.3) is 5.56 Å². The number of hydrogen-bond acceptors (Lipinski definition) is 5. The van der Waals surface area contributed by atoms with E-state index in [1.807, 2.05) is 0 Å². The number of H-pyrrole nitrogens is 2. The molecule has 0 aliphatic heterocycles. The van der Waals surface area contributed by atoms with Gasteiger partial charge < -0.3 is 0 Å². The predicted octanol–water partition coefficient (Wildman–Crippen LogP) is 1.46. The van der Waals surface area contributed by atoms with Crippen LogP contribution in [0.5, 0.6) is 0 Å². The first-order valence-corrected chi connectivity index (χ1v) is 5.47. The van der Waals surface area contributed by atoms with Gasteiger partial charge in [-0.3, -0.25) is 14.9 Å². The van der Waals surface area contributed by atoms with Crippen LogP contribution in [-0.2, 0) is 0 Å². The Balaban J connectivity index is 0.000000149. The molecule has 3 aromatic heterocycles. The van der Waals surface area contributed by atoms with Gasteiger partial charge in [0.1, 0.15) is 10.2 Å². The molecule has 6 nitrogen and oxygen atoms in total. The number of aromatic amines is 2. The number of rotatable bonds is 0. The quantitative estimate of drug-likeness (QED) is 0.597. The van der Waals surface area contributed by atoms with Gasteiger partial charge in [-0.25, -0.2) is 5.10 Å². The Bertz CT molecular complexity index is 734. The van der Waals surface area contributed by atoms with E-state index < -0.39 is 0 Å². The highest BCUT2D eigenvalue weighted by atomic mass is 32.1. The molecule has 18 heavy (non-hydrogen) atoms. The molecule has 0 aliphatic rings.